The second-order valence-electron chi connectivity index (χ2n) is 7.11. The number of nitrogens with zero attached hydrogens (tertiary/aromatic N) is 2. The lowest BCUT2D eigenvalue weighted by atomic mass is 9.99. The number of halogens is 1. The number of furan rings is 1. The first-order valence-electron chi connectivity index (χ1n) is 9.05. The minimum atomic E-state index is -0.769. The van der Waals surface area contributed by atoms with E-state index in [1.54, 1.807) is 43.3 Å². The summed E-state index contributed by atoms with van der Waals surface area (Å²) in [4.78, 5) is 29.0. The topological polar surface area (TPSA) is 74.0 Å². The van der Waals surface area contributed by atoms with Gasteiger partial charge < -0.3 is 19.3 Å². The van der Waals surface area contributed by atoms with Crippen LogP contribution in [-0.2, 0) is 9.59 Å². The first-order valence-corrected chi connectivity index (χ1v) is 9.43. The van der Waals surface area contributed by atoms with Gasteiger partial charge in [-0.1, -0.05) is 23.7 Å². The average molecular weight is 403 g/mol. The summed E-state index contributed by atoms with van der Waals surface area (Å²) >= 11 is 6.03. The van der Waals surface area contributed by atoms with E-state index in [0.717, 1.165) is 6.54 Å². The zero-order valence-electron chi connectivity index (χ0n) is 16.1. The van der Waals surface area contributed by atoms with Gasteiger partial charge in [0.2, 0.25) is 0 Å². The van der Waals surface area contributed by atoms with Crippen LogP contribution >= 0.6 is 11.6 Å². The Morgan fingerprint density at radius 1 is 1.25 bits per heavy atom. The molecule has 148 valence electrons. The van der Waals surface area contributed by atoms with Gasteiger partial charge >= 0.3 is 0 Å². The summed E-state index contributed by atoms with van der Waals surface area (Å²) in [5, 5.41) is 11.3. The predicted octanol–water partition coefficient (Wildman–Crippen LogP) is 3.61. The van der Waals surface area contributed by atoms with Gasteiger partial charge in [-0.05, 0) is 58.3 Å². The van der Waals surface area contributed by atoms with Gasteiger partial charge in [0.05, 0.1) is 5.57 Å². The highest BCUT2D eigenvalue weighted by atomic mass is 35.5. The van der Waals surface area contributed by atoms with E-state index in [4.69, 9.17) is 16.0 Å². The Labute approximate surface area is 169 Å². The molecule has 1 atom stereocenters. The van der Waals surface area contributed by atoms with E-state index in [0.29, 0.717) is 35.1 Å². The third kappa shape index (κ3) is 3.98. The van der Waals surface area contributed by atoms with Crippen molar-refractivity contribution in [3.05, 3.63) is 64.1 Å². The summed E-state index contributed by atoms with van der Waals surface area (Å²) in [6, 6.07) is 9.29. The standard InChI is InChI=1S/C21H23ClN2O4/c1-13-8-9-16(28-13)18-17(19(25)14-6-4-7-15(22)12-14)20(26)21(27)24(18)11-5-10-23(2)3/h4,6-9,12,18,25H,5,10-11H2,1-3H3/b19-17-. The summed E-state index contributed by atoms with van der Waals surface area (Å²) in [5.41, 5.74) is 0.401. The van der Waals surface area contributed by atoms with Crippen molar-refractivity contribution in [2.75, 3.05) is 27.2 Å². The van der Waals surface area contributed by atoms with Crippen molar-refractivity contribution < 1.29 is 19.1 Å². The van der Waals surface area contributed by atoms with Crippen LogP contribution in [0.4, 0.5) is 0 Å². The van der Waals surface area contributed by atoms with Crippen molar-refractivity contribution in [3.8, 4) is 0 Å². The second-order valence-corrected chi connectivity index (χ2v) is 7.54. The van der Waals surface area contributed by atoms with Crippen molar-refractivity contribution in [1.29, 1.82) is 0 Å². The maximum atomic E-state index is 12.8. The molecule has 0 aliphatic carbocycles. The number of aliphatic hydroxyl groups is 1. The van der Waals surface area contributed by atoms with Crippen LogP contribution in [-0.4, -0.2) is 53.8 Å². The summed E-state index contributed by atoms with van der Waals surface area (Å²) in [6.07, 6.45) is 0.688. The van der Waals surface area contributed by atoms with E-state index < -0.39 is 17.7 Å². The molecule has 0 saturated carbocycles. The van der Waals surface area contributed by atoms with Gasteiger partial charge in [0.25, 0.3) is 11.7 Å². The fraction of sp³-hybridized carbons (Fsp3) is 0.333. The Kier molecular flexibility index (Phi) is 5.91. The summed E-state index contributed by atoms with van der Waals surface area (Å²) in [7, 11) is 3.89. The Bertz CT molecular complexity index is 932. The van der Waals surface area contributed by atoms with Crippen LogP contribution in [0.2, 0.25) is 5.02 Å². The van der Waals surface area contributed by atoms with E-state index >= 15 is 0 Å². The maximum absolute atomic E-state index is 12.8. The summed E-state index contributed by atoms with van der Waals surface area (Å²) < 4.78 is 5.73. The first-order chi connectivity index (χ1) is 13.3. The van der Waals surface area contributed by atoms with E-state index in [1.165, 1.54) is 4.90 Å². The molecule has 1 aliphatic rings. The van der Waals surface area contributed by atoms with Crippen LogP contribution in [0.15, 0.2) is 46.4 Å². The molecule has 0 spiro atoms. The van der Waals surface area contributed by atoms with Gasteiger partial charge in [-0.25, -0.2) is 0 Å². The van der Waals surface area contributed by atoms with Gasteiger partial charge in [0.1, 0.15) is 23.3 Å². The lowest BCUT2D eigenvalue weighted by molar-refractivity contribution is -0.140. The molecule has 1 aromatic carbocycles. The van der Waals surface area contributed by atoms with Crippen LogP contribution in [0.1, 0.15) is 29.5 Å². The van der Waals surface area contributed by atoms with E-state index in [1.807, 2.05) is 19.0 Å². The summed E-state index contributed by atoms with van der Waals surface area (Å²) in [6.45, 7) is 2.93. The second kappa shape index (κ2) is 8.20. The highest BCUT2D eigenvalue weighted by Gasteiger charge is 2.47. The zero-order valence-corrected chi connectivity index (χ0v) is 16.9. The number of carbonyl (C=O) groups is 2. The number of hydrogen-bond donors (Lipinski definition) is 1. The van der Waals surface area contributed by atoms with Crippen molar-refractivity contribution in [2.24, 2.45) is 0 Å². The molecule has 7 heteroatoms. The molecular formula is C21H23ClN2O4. The molecule has 0 radical (unpaired) electrons. The van der Waals surface area contributed by atoms with Gasteiger partial charge in [0, 0.05) is 17.1 Å². The zero-order chi connectivity index (χ0) is 20.4. The molecule has 1 aromatic heterocycles. The average Bonchev–Trinajstić information content (AvgIpc) is 3.17. The fourth-order valence-electron chi connectivity index (χ4n) is 3.36. The highest BCUT2D eigenvalue weighted by Crippen LogP contribution is 2.40. The molecule has 3 rings (SSSR count). The van der Waals surface area contributed by atoms with Crippen molar-refractivity contribution >= 4 is 29.1 Å². The quantitative estimate of drug-likeness (QED) is 0.454. The minimum absolute atomic E-state index is 0.0199. The molecule has 6 nitrogen and oxygen atoms in total. The number of likely N-dealkylation sites (tertiary alicyclic amines) is 1. The van der Waals surface area contributed by atoms with Crippen LogP contribution in [0.5, 0.6) is 0 Å². The van der Waals surface area contributed by atoms with Crippen molar-refractivity contribution in [3.63, 3.8) is 0 Å². The smallest absolute Gasteiger partial charge is 0.295 e. The van der Waals surface area contributed by atoms with Crippen molar-refractivity contribution in [1.82, 2.24) is 9.80 Å². The van der Waals surface area contributed by atoms with Gasteiger partial charge in [-0.3, -0.25) is 9.59 Å². The molecule has 1 saturated heterocycles. The number of amides is 1. The molecule has 1 fully saturated rings. The fourth-order valence-corrected chi connectivity index (χ4v) is 3.55. The predicted molar refractivity (Wildman–Crippen MR) is 107 cm³/mol. The Morgan fingerprint density at radius 3 is 2.61 bits per heavy atom. The molecule has 1 unspecified atom stereocenters. The number of benzene rings is 1. The van der Waals surface area contributed by atoms with Crippen LogP contribution in [0, 0.1) is 6.92 Å². The molecule has 1 N–H and O–H groups in total. The van der Waals surface area contributed by atoms with Crippen molar-refractivity contribution in [2.45, 2.75) is 19.4 Å². The molecule has 2 heterocycles. The van der Waals surface area contributed by atoms with Crippen LogP contribution in [0.25, 0.3) is 5.76 Å². The molecular weight excluding hydrogens is 380 g/mol. The lowest BCUT2D eigenvalue weighted by Crippen LogP contribution is -2.32. The van der Waals surface area contributed by atoms with Crippen LogP contribution < -0.4 is 0 Å². The number of ketones is 1. The normalized spacial score (nSPS) is 19.0. The van der Waals surface area contributed by atoms with Crippen LogP contribution in [0.3, 0.4) is 0 Å². The van der Waals surface area contributed by atoms with E-state index in [-0.39, 0.29) is 11.3 Å². The number of aryl methyl sites for hydroxylation is 1. The number of Topliss-reactive ketones (excluding diaryl/α,β-unsaturated/α-hetero) is 1. The monoisotopic (exact) mass is 402 g/mol. The number of rotatable bonds is 6. The summed E-state index contributed by atoms with van der Waals surface area (Å²) in [5.74, 6) is -0.500. The van der Waals surface area contributed by atoms with Gasteiger partial charge in [-0.15, -0.1) is 0 Å². The first kappa shape index (κ1) is 20.2. The molecule has 1 amide bonds. The van der Waals surface area contributed by atoms with E-state index in [9.17, 15) is 14.7 Å². The van der Waals surface area contributed by atoms with Gasteiger partial charge in [0.15, 0.2) is 0 Å². The lowest BCUT2D eigenvalue weighted by Gasteiger charge is -2.24. The molecule has 28 heavy (non-hydrogen) atoms. The Balaban J connectivity index is 2.07. The number of aliphatic hydroxyl groups excluding tert-OH is 1. The third-order valence-corrected chi connectivity index (χ3v) is 4.91. The van der Waals surface area contributed by atoms with Gasteiger partial charge in [-0.2, -0.15) is 0 Å². The molecule has 0 bridgehead atoms. The third-order valence-electron chi connectivity index (χ3n) is 4.67. The maximum Gasteiger partial charge on any atom is 0.295 e. The minimum Gasteiger partial charge on any atom is -0.507 e. The largest absolute Gasteiger partial charge is 0.507 e. The Hall–Kier alpha value is -2.57. The molecule has 2 aromatic rings. The van der Waals surface area contributed by atoms with E-state index in [2.05, 4.69) is 0 Å². The number of carbonyl (C=O) groups excluding carboxylic acids is 2. The molecule has 1 aliphatic heterocycles. The highest BCUT2D eigenvalue weighted by molar-refractivity contribution is 6.46. The number of hydrogen-bond acceptors (Lipinski definition) is 5. The SMILES string of the molecule is Cc1ccc(C2/C(=C(/O)c3cccc(Cl)c3)C(=O)C(=O)N2CCCN(C)C)o1. The Morgan fingerprint density at radius 2 is 2.00 bits per heavy atom.